The van der Waals surface area contributed by atoms with Crippen molar-refractivity contribution in [2.24, 2.45) is 0 Å². The first-order valence-corrected chi connectivity index (χ1v) is 12.7. The summed E-state index contributed by atoms with van der Waals surface area (Å²) in [6, 6.07) is 1.33. The van der Waals surface area contributed by atoms with E-state index in [2.05, 4.69) is 41.2 Å². The maximum atomic E-state index is 13.6. The van der Waals surface area contributed by atoms with E-state index in [0.717, 1.165) is 32.9 Å². The summed E-state index contributed by atoms with van der Waals surface area (Å²) in [5.74, 6) is 9.74. The Morgan fingerprint density at radius 1 is 0.846 bits per heavy atom. The van der Waals surface area contributed by atoms with Crippen LogP contribution in [0.1, 0.15) is 5.56 Å². The van der Waals surface area contributed by atoms with Crippen molar-refractivity contribution < 1.29 is 22.8 Å². The molecular formula is C17H14ClF3N14O2S2. The number of alkyl halides is 3. The average Bonchev–Trinajstić information content (AvgIpc) is 3.64. The smallest absolute Gasteiger partial charge is 0.335 e. The molecule has 0 aliphatic rings. The van der Waals surface area contributed by atoms with Crippen LogP contribution in [-0.4, -0.2) is 72.3 Å². The zero-order valence-electron chi connectivity index (χ0n) is 19.0. The lowest BCUT2D eigenvalue weighted by Gasteiger charge is -2.16. The number of aromatic nitrogens is 10. The first-order chi connectivity index (χ1) is 18.5. The number of rotatable bonds is 8. The van der Waals surface area contributed by atoms with Crippen molar-refractivity contribution >= 4 is 69.9 Å². The van der Waals surface area contributed by atoms with E-state index >= 15 is 0 Å². The van der Waals surface area contributed by atoms with Gasteiger partial charge < -0.3 is 22.3 Å². The number of thioether (sulfide) groups is 2. The molecule has 39 heavy (non-hydrogen) atoms. The molecule has 16 nitrogen and oxygen atoms in total. The minimum Gasteiger partial charge on any atom is -0.335 e. The molecule has 1 aromatic carbocycles. The van der Waals surface area contributed by atoms with Crippen molar-refractivity contribution in [1.82, 2.24) is 49.0 Å². The lowest BCUT2D eigenvalue weighted by molar-refractivity contribution is -0.137. The van der Waals surface area contributed by atoms with Gasteiger partial charge in [0, 0.05) is 0 Å². The SMILES string of the molecule is Nn1cnn2c(SCC(=O)Nc3cc(C(F)(F)F)cc(NC(=O)CSc4nnc5n(N)cnn45)c3Cl)nnc12. The Labute approximate surface area is 227 Å². The molecule has 4 aromatic heterocycles. The van der Waals surface area contributed by atoms with Crippen LogP contribution in [0.5, 0.6) is 0 Å². The molecule has 5 rings (SSSR count). The van der Waals surface area contributed by atoms with Crippen molar-refractivity contribution in [3.05, 3.63) is 35.4 Å². The number of hydrogen-bond acceptors (Lipinski definition) is 12. The Kier molecular flexibility index (Phi) is 6.86. The Morgan fingerprint density at radius 2 is 1.28 bits per heavy atom. The lowest BCUT2D eigenvalue weighted by Crippen LogP contribution is -2.19. The summed E-state index contributed by atoms with van der Waals surface area (Å²) in [5, 5.41) is 28.0. The second-order valence-electron chi connectivity index (χ2n) is 7.52. The molecule has 0 atom stereocenters. The molecule has 6 N–H and O–H groups in total. The van der Waals surface area contributed by atoms with Gasteiger partial charge in [0.15, 0.2) is 0 Å². The van der Waals surface area contributed by atoms with Crippen molar-refractivity contribution in [3.63, 3.8) is 0 Å². The van der Waals surface area contributed by atoms with E-state index in [-0.39, 0.29) is 49.8 Å². The van der Waals surface area contributed by atoms with Gasteiger partial charge in [-0.15, -0.1) is 20.4 Å². The van der Waals surface area contributed by atoms with E-state index in [1.54, 1.807) is 0 Å². The zero-order valence-corrected chi connectivity index (χ0v) is 21.4. The number of anilines is 2. The standard InChI is InChI=1S/C17H14ClF3N14O2S2/c18-12-8(26-10(36)3-38-15-30-28-13-32(22)5-24-34(13)15)1-7(17(19,20)21)2-9(12)27-11(37)4-39-16-31-29-14-33(23)6-25-35(14)16/h1-2,5-6H,3-4,22-23H2,(H,26,36)(H,27,37). The first-order valence-electron chi connectivity index (χ1n) is 10.3. The summed E-state index contributed by atoms with van der Waals surface area (Å²) in [5.41, 5.74) is -1.85. The second kappa shape index (κ2) is 10.1. The van der Waals surface area contributed by atoms with E-state index in [4.69, 9.17) is 23.3 Å². The number of amides is 2. The van der Waals surface area contributed by atoms with Gasteiger partial charge >= 0.3 is 6.18 Å². The minimum absolute atomic E-state index is 0.222. The molecule has 0 aliphatic carbocycles. The molecular weight excluding hydrogens is 589 g/mol. The lowest BCUT2D eigenvalue weighted by atomic mass is 10.1. The van der Waals surface area contributed by atoms with E-state index in [9.17, 15) is 22.8 Å². The predicted molar refractivity (Wildman–Crippen MR) is 133 cm³/mol. The third kappa shape index (κ3) is 5.35. The van der Waals surface area contributed by atoms with Crippen LogP contribution in [0.15, 0.2) is 35.1 Å². The number of carbonyl (C=O) groups is 2. The van der Waals surface area contributed by atoms with E-state index in [1.807, 2.05) is 0 Å². The monoisotopic (exact) mass is 602 g/mol. The molecule has 0 spiro atoms. The van der Waals surface area contributed by atoms with Crippen LogP contribution in [0.3, 0.4) is 0 Å². The molecule has 0 saturated carbocycles. The summed E-state index contributed by atoms with van der Waals surface area (Å²) in [6.45, 7) is 0. The minimum atomic E-state index is -4.80. The fourth-order valence-corrected chi connectivity index (χ4v) is 4.71. The molecule has 204 valence electrons. The molecule has 0 bridgehead atoms. The van der Waals surface area contributed by atoms with Gasteiger partial charge in [-0.1, -0.05) is 35.1 Å². The quantitative estimate of drug-likeness (QED) is 0.143. The number of halogens is 4. The summed E-state index contributed by atoms with van der Waals surface area (Å²) in [4.78, 5) is 25.1. The number of carbonyl (C=O) groups excluding carboxylic acids is 2. The van der Waals surface area contributed by atoms with Crippen LogP contribution in [-0.2, 0) is 15.8 Å². The summed E-state index contributed by atoms with van der Waals surface area (Å²) < 4.78 is 45.5. The summed E-state index contributed by atoms with van der Waals surface area (Å²) in [7, 11) is 0. The fraction of sp³-hybridized carbons (Fsp3) is 0.176. The van der Waals surface area contributed by atoms with Gasteiger partial charge in [0.2, 0.25) is 22.1 Å². The van der Waals surface area contributed by atoms with Crippen LogP contribution in [0.25, 0.3) is 11.6 Å². The topological polar surface area (TPSA) is 206 Å². The Hall–Kier alpha value is -4.24. The summed E-state index contributed by atoms with van der Waals surface area (Å²) >= 11 is 8.10. The molecule has 4 heterocycles. The predicted octanol–water partition coefficient (Wildman–Crippen LogP) is 0.726. The van der Waals surface area contributed by atoms with Gasteiger partial charge in [0.05, 0.1) is 33.5 Å². The third-order valence-electron chi connectivity index (χ3n) is 4.85. The second-order valence-corrected chi connectivity index (χ2v) is 9.78. The largest absolute Gasteiger partial charge is 0.416 e. The van der Waals surface area contributed by atoms with Crippen molar-refractivity contribution in [3.8, 4) is 0 Å². The number of nitrogens with one attached hydrogen (secondary N) is 2. The summed E-state index contributed by atoms with van der Waals surface area (Å²) in [6.07, 6.45) is -2.23. The highest BCUT2D eigenvalue weighted by Gasteiger charge is 2.33. The van der Waals surface area contributed by atoms with Crippen LogP contribution < -0.4 is 22.3 Å². The molecule has 0 unspecified atom stereocenters. The number of nitrogens with two attached hydrogens (primary N) is 2. The van der Waals surface area contributed by atoms with E-state index in [0.29, 0.717) is 12.1 Å². The third-order valence-corrected chi connectivity index (χ3v) is 7.09. The van der Waals surface area contributed by atoms with Gasteiger partial charge in [-0.25, -0.2) is 9.35 Å². The van der Waals surface area contributed by atoms with Gasteiger partial charge in [-0.05, 0) is 12.1 Å². The van der Waals surface area contributed by atoms with Gasteiger partial charge in [-0.3, -0.25) is 9.59 Å². The van der Waals surface area contributed by atoms with Gasteiger partial charge in [0.1, 0.15) is 12.7 Å². The maximum Gasteiger partial charge on any atom is 0.416 e. The van der Waals surface area contributed by atoms with Crippen molar-refractivity contribution in [2.75, 3.05) is 33.8 Å². The first kappa shape index (κ1) is 26.4. The van der Waals surface area contributed by atoms with Crippen LogP contribution in [0, 0.1) is 0 Å². The molecule has 0 saturated heterocycles. The molecule has 0 aliphatic heterocycles. The van der Waals surface area contributed by atoms with Crippen LogP contribution >= 0.6 is 35.1 Å². The molecule has 0 radical (unpaired) electrons. The Bertz CT molecular complexity index is 1600. The normalized spacial score (nSPS) is 11.9. The fourth-order valence-electron chi connectivity index (χ4n) is 3.14. The molecule has 0 fully saturated rings. The number of fused-ring (bicyclic) bond motifs is 2. The Morgan fingerprint density at radius 3 is 1.69 bits per heavy atom. The molecule has 5 aromatic rings. The number of nitrogens with zero attached hydrogens (tertiary/aromatic N) is 10. The molecule has 22 heteroatoms. The highest BCUT2D eigenvalue weighted by atomic mass is 35.5. The Balaban J connectivity index is 1.28. The van der Waals surface area contributed by atoms with Crippen LogP contribution in [0.2, 0.25) is 5.02 Å². The van der Waals surface area contributed by atoms with Gasteiger partial charge in [0.25, 0.3) is 11.6 Å². The van der Waals surface area contributed by atoms with E-state index in [1.165, 1.54) is 21.7 Å². The number of benzene rings is 1. The van der Waals surface area contributed by atoms with Crippen molar-refractivity contribution in [2.45, 2.75) is 16.5 Å². The van der Waals surface area contributed by atoms with E-state index < -0.39 is 23.6 Å². The highest BCUT2D eigenvalue weighted by Crippen LogP contribution is 2.39. The average molecular weight is 603 g/mol. The molecule has 2 amide bonds. The van der Waals surface area contributed by atoms with Crippen molar-refractivity contribution in [1.29, 1.82) is 0 Å². The maximum absolute atomic E-state index is 13.6. The highest BCUT2D eigenvalue weighted by molar-refractivity contribution is 8.00. The van der Waals surface area contributed by atoms with Gasteiger partial charge in [-0.2, -0.15) is 32.4 Å². The number of hydrogen-bond donors (Lipinski definition) is 4. The number of nitrogen functional groups attached to an aromatic ring is 2. The van der Waals surface area contributed by atoms with Crippen LogP contribution in [0.4, 0.5) is 24.5 Å². The zero-order chi connectivity index (χ0) is 27.9.